The summed E-state index contributed by atoms with van der Waals surface area (Å²) in [5.74, 6) is 1.84. The fourth-order valence-electron chi connectivity index (χ4n) is 2.73. The van der Waals surface area contributed by atoms with Crippen LogP contribution >= 0.6 is 11.3 Å². The highest BCUT2D eigenvalue weighted by Gasteiger charge is 2.35. The Morgan fingerprint density at radius 2 is 1.63 bits per heavy atom. The Morgan fingerprint density at radius 3 is 1.95 bits per heavy atom. The minimum absolute atomic E-state index is 0.0418. The third-order valence-corrected chi connectivity index (χ3v) is 4.58. The predicted octanol–water partition coefficient (Wildman–Crippen LogP) is 4.77. The molecule has 0 aliphatic heterocycles. The summed E-state index contributed by atoms with van der Waals surface area (Å²) in [6.07, 6.45) is 2.29. The molecule has 110 valence electrons. The fourth-order valence-corrected chi connectivity index (χ4v) is 3.94. The first kappa shape index (κ1) is 16.6. The number of hydrogen-bond donors (Lipinski definition) is 1. The molecule has 3 heteroatoms. The highest BCUT2D eigenvalue weighted by Crippen LogP contribution is 2.37. The van der Waals surface area contributed by atoms with Crippen molar-refractivity contribution in [2.24, 2.45) is 11.8 Å². The summed E-state index contributed by atoms with van der Waals surface area (Å²) < 4.78 is 0. The molecule has 0 aliphatic carbocycles. The predicted molar refractivity (Wildman–Crippen MR) is 85.9 cm³/mol. The van der Waals surface area contributed by atoms with Crippen molar-refractivity contribution in [3.8, 4) is 0 Å². The molecule has 1 aromatic rings. The largest absolute Gasteiger partial charge is 0.308 e. The van der Waals surface area contributed by atoms with Crippen LogP contribution in [0.4, 0.5) is 0 Å². The maximum absolute atomic E-state index is 4.92. The molecule has 0 unspecified atom stereocenters. The molecule has 0 spiro atoms. The zero-order valence-electron chi connectivity index (χ0n) is 13.6. The molecule has 0 fully saturated rings. The standard InChI is InChI=1S/C16H30N2S/c1-11(2)8-16(17-7,9-12(3)4)15-18-14(10-19-15)13(5)6/h10-13,17H,8-9H2,1-7H3. The van der Waals surface area contributed by atoms with E-state index in [9.17, 15) is 0 Å². The SMILES string of the molecule is CNC(CC(C)C)(CC(C)C)c1nc(C(C)C)cs1. The Hall–Kier alpha value is -0.410. The molecule has 0 atom stereocenters. The third-order valence-electron chi connectivity index (χ3n) is 3.51. The molecule has 0 amide bonds. The van der Waals surface area contributed by atoms with Crippen LogP contribution in [0, 0.1) is 11.8 Å². The summed E-state index contributed by atoms with van der Waals surface area (Å²) >= 11 is 1.82. The summed E-state index contributed by atoms with van der Waals surface area (Å²) in [7, 11) is 2.08. The van der Waals surface area contributed by atoms with E-state index in [1.54, 1.807) is 0 Å². The topological polar surface area (TPSA) is 24.9 Å². The second kappa shape index (κ2) is 6.85. The Balaban J connectivity index is 3.11. The molecular formula is C16H30N2S. The monoisotopic (exact) mass is 282 g/mol. The number of rotatable bonds is 7. The van der Waals surface area contributed by atoms with Gasteiger partial charge in [0.25, 0.3) is 0 Å². The average molecular weight is 282 g/mol. The van der Waals surface area contributed by atoms with Gasteiger partial charge in [0.05, 0.1) is 11.2 Å². The van der Waals surface area contributed by atoms with Gasteiger partial charge in [0.1, 0.15) is 5.01 Å². The number of nitrogens with zero attached hydrogens (tertiary/aromatic N) is 1. The maximum atomic E-state index is 4.92. The second-order valence-corrected chi connectivity index (χ2v) is 7.62. The number of thiazole rings is 1. The summed E-state index contributed by atoms with van der Waals surface area (Å²) in [4.78, 5) is 4.92. The molecule has 1 rings (SSSR count). The molecule has 0 bridgehead atoms. The molecule has 1 aromatic heterocycles. The highest BCUT2D eigenvalue weighted by atomic mass is 32.1. The van der Waals surface area contributed by atoms with Gasteiger partial charge in [-0.1, -0.05) is 41.5 Å². The van der Waals surface area contributed by atoms with Crippen molar-refractivity contribution in [3.05, 3.63) is 16.1 Å². The zero-order chi connectivity index (χ0) is 14.6. The summed E-state index contributed by atoms with van der Waals surface area (Å²) in [5, 5.41) is 7.09. The summed E-state index contributed by atoms with van der Waals surface area (Å²) in [6, 6.07) is 0. The minimum Gasteiger partial charge on any atom is -0.308 e. The third kappa shape index (κ3) is 4.28. The van der Waals surface area contributed by atoms with E-state index in [0.717, 1.165) is 12.8 Å². The van der Waals surface area contributed by atoms with E-state index >= 15 is 0 Å². The van der Waals surface area contributed by atoms with Crippen molar-refractivity contribution >= 4 is 11.3 Å². The molecule has 0 saturated heterocycles. The van der Waals surface area contributed by atoms with Gasteiger partial charge in [-0.2, -0.15) is 0 Å². The highest BCUT2D eigenvalue weighted by molar-refractivity contribution is 7.09. The van der Waals surface area contributed by atoms with Gasteiger partial charge < -0.3 is 5.32 Å². The lowest BCUT2D eigenvalue weighted by Crippen LogP contribution is -2.42. The van der Waals surface area contributed by atoms with Gasteiger partial charge in [0.15, 0.2) is 0 Å². The van der Waals surface area contributed by atoms with Gasteiger partial charge in [0, 0.05) is 5.38 Å². The summed E-state index contributed by atoms with van der Waals surface area (Å²) in [6.45, 7) is 13.6. The van der Waals surface area contributed by atoms with Crippen LogP contribution in [-0.4, -0.2) is 12.0 Å². The van der Waals surface area contributed by atoms with Crippen LogP contribution in [-0.2, 0) is 5.54 Å². The van der Waals surface area contributed by atoms with E-state index in [2.05, 4.69) is 59.3 Å². The molecule has 19 heavy (non-hydrogen) atoms. The van der Waals surface area contributed by atoms with Crippen molar-refractivity contribution in [3.63, 3.8) is 0 Å². The first-order chi connectivity index (χ1) is 8.80. The lowest BCUT2D eigenvalue weighted by molar-refractivity contribution is 0.238. The minimum atomic E-state index is 0.0418. The molecule has 0 radical (unpaired) electrons. The smallest absolute Gasteiger partial charge is 0.113 e. The van der Waals surface area contributed by atoms with Crippen LogP contribution in [0.2, 0.25) is 0 Å². The van der Waals surface area contributed by atoms with Gasteiger partial charge in [-0.3, -0.25) is 0 Å². The Kier molecular flexibility index (Phi) is 6.00. The number of aromatic nitrogens is 1. The van der Waals surface area contributed by atoms with Crippen LogP contribution in [0.1, 0.15) is 71.0 Å². The molecule has 1 N–H and O–H groups in total. The van der Waals surface area contributed by atoms with E-state index < -0.39 is 0 Å². The van der Waals surface area contributed by atoms with Crippen LogP contribution in [0.15, 0.2) is 5.38 Å². The van der Waals surface area contributed by atoms with Crippen molar-refractivity contribution in [1.29, 1.82) is 0 Å². The fraction of sp³-hybridized carbons (Fsp3) is 0.812. The van der Waals surface area contributed by atoms with Crippen LogP contribution < -0.4 is 5.32 Å². The van der Waals surface area contributed by atoms with Gasteiger partial charge >= 0.3 is 0 Å². The van der Waals surface area contributed by atoms with E-state index in [-0.39, 0.29) is 5.54 Å². The van der Waals surface area contributed by atoms with Gasteiger partial charge in [0.2, 0.25) is 0 Å². The number of nitrogens with one attached hydrogen (secondary N) is 1. The molecule has 0 aliphatic rings. The maximum Gasteiger partial charge on any atom is 0.113 e. The molecule has 0 saturated carbocycles. The molecule has 1 heterocycles. The van der Waals surface area contributed by atoms with Crippen molar-refractivity contribution in [2.45, 2.75) is 65.8 Å². The van der Waals surface area contributed by atoms with Crippen molar-refractivity contribution in [1.82, 2.24) is 10.3 Å². The lowest BCUT2D eigenvalue weighted by Gasteiger charge is -2.35. The van der Waals surface area contributed by atoms with Gasteiger partial charge in [-0.05, 0) is 37.6 Å². The van der Waals surface area contributed by atoms with Crippen LogP contribution in [0.25, 0.3) is 0 Å². The van der Waals surface area contributed by atoms with Crippen molar-refractivity contribution < 1.29 is 0 Å². The van der Waals surface area contributed by atoms with Crippen LogP contribution in [0.5, 0.6) is 0 Å². The second-order valence-electron chi connectivity index (χ2n) is 6.76. The van der Waals surface area contributed by atoms with Gasteiger partial charge in [-0.25, -0.2) is 4.98 Å². The first-order valence-corrected chi connectivity index (χ1v) is 8.33. The normalized spacial score (nSPS) is 12.9. The quantitative estimate of drug-likeness (QED) is 0.779. The van der Waals surface area contributed by atoms with E-state index in [4.69, 9.17) is 4.98 Å². The molecular weight excluding hydrogens is 252 g/mol. The lowest BCUT2D eigenvalue weighted by atomic mass is 9.82. The average Bonchev–Trinajstić information content (AvgIpc) is 2.76. The first-order valence-electron chi connectivity index (χ1n) is 7.45. The molecule has 0 aromatic carbocycles. The Bertz CT molecular complexity index is 370. The van der Waals surface area contributed by atoms with E-state index in [1.165, 1.54) is 10.7 Å². The van der Waals surface area contributed by atoms with Gasteiger partial charge in [-0.15, -0.1) is 11.3 Å². The summed E-state index contributed by atoms with van der Waals surface area (Å²) in [5.41, 5.74) is 1.27. The van der Waals surface area contributed by atoms with Crippen molar-refractivity contribution in [2.75, 3.05) is 7.05 Å². The zero-order valence-corrected chi connectivity index (χ0v) is 14.4. The Morgan fingerprint density at radius 1 is 1.11 bits per heavy atom. The molecule has 2 nitrogen and oxygen atoms in total. The van der Waals surface area contributed by atoms with E-state index in [1.807, 2.05) is 11.3 Å². The van der Waals surface area contributed by atoms with Crippen LogP contribution in [0.3, 0.4) is 0 Å². The number of hydrogen-bond acceptors (Lipinski definition) is 3. The Labute approximate surface area is 123 Å². The van der Waals surface area contributed by atoms with E-state index in [0.29, 0.717) is 17.8 Å².